The maximum absolute atomic E-state index is 11.9. The second-order valence-corrected chi connectivity index (χ2v) is 5.77. The number of carbonyl (C=O) groups is 2. The second kappa shape index (κ2) is 6.43. The van der Waals surface area contributed by atoms with Crippen molar-refractivity contribution in [2.24, 2.45) is 0 Å². The Hall–Kier alpha value is -1.96. The third-order valence-electron chi connectivity index (χ3n) is 4.10. The molecule has 3 rings (SSSR count). The average Bonchev–Trinajstić information content (AvgIpc) is 3.11. The number of carboxylic acids is 1. The minimum Gasteiger partial charge on any atom is -0.480 e. The Balaban J connectivity index is 1.80. The summed E-state index contributed by atoms with van der Waals surface area (Å²) in [6, 6.07) is 0. The molecule has 0 radical (unpaired) electrons. The maximum Gasteiger partial charge on any atom is 0.325 e. The van der Waals surface area contributed by atoms with Gasteiger partial charge in [0, 0.05) is 25.5 Å². The van der Waals surface area contributed by atoms with Crippen molar-refractivity contribution in [2.75, 3.05) is 19.8 Å². The van der Waals surface area contributed by atoms with Gasteiger partial charge in [-0.25, -0.2) is 9.67 Å². The Morgan fingerprint density at radius 3 is 2.95 bits per heavy atom. The summed E-state index contributed by atoms with van der Waals surface area (Å²) in [7, 11) is 0. The highest BCUT2D eigenvalue weighted by Crippen LogP contribution is 2.23. The summed E-state index contributed by atoms with van der Waals surface area (Å²) in [4.78, 5) is 29.2. The van der Waals surface area contributed by atoms with Crippen LogP contribution in [0.5, 0.6) is 0 Å². The largest absolute Gasteiger partial charge is 0.480 e. The molecule has 3 heterocycles. The lowest BCUT2D eigenvalue weighted by molar-refractivity contribution is -0.137. The number of rotatable bonds is 5. The van der Waals surface area contributed by atoms with E-state index in [0.29, 0.717) is 44.4 Å². The molecule has 120 valence electrons. The van der Waals surface area contributed by atoms with Crippen molar-refractivity contribution in [1.82, 2.24) is 19.7 Å². The van der Waals surface area contributed by atoms with Crippen molar-refractivity contribution >= 4 is 11.9 Å². The van der Waals surface area contributed by atoms with Crippen LogP contribution in [0.25, 0.3) is 0 Å². The first-order valence-electron chi connectivity index (χ1n) is 7.64. The van der Waals surface area contributed by atoms with Gasteiger partial charge < -0.3 is 14.7 Å². The first-order chi connectivity index (χ1) is 10.6. The van der Waals surface area contributed by atoms with E-state index in [2.05, 4.69) is 10.1 Å². The molecule has 1 atom stereocenters. The molecule has 2 aliphatic heterocycles. The molecule has 0 unspecified atom stereocenters. The van der Waals surface area contributed by atoms with Crippen LogP contribution in [0, 0.1) is 0 Å². The molecule has 0 bridgehead atoms. The number of hydrogen-bond acceptors (Lipinski definition) is 5. The van der Waals surface area contributed by atoms with Crippen LogP contribution in [-0.4, -0.2) is 56.4 Å². The van der Waals surface area contributed by atoms with Crippen LogP contribution in [0.4, 0.5) is 0 Å². The van der Waals surface area contributed by atoms with Crippen LogP contribution >= 0.6 is 0 Å². The van der Waals surface area contributed by atoms with E-state index in [0.717, 1.165) is 19.3 Å². The molecule has 0 aromatic carbocycles. The summed E-state index contributed by atoms with van der Waals surface area (Å²) in [5.41, 5.74) is 0. The Kier molecular flexibility index (Phi) is 4.37. The zero-order chi connectivity index (χ0) is 15.5. The number of piperidine rings is 1. The number of carbonyl (C=O) groups excluding carboxylic acids is 1. The van der Waals surface area contributed by atoms with Crippen molar-refractivity contribution < 1.29 is 19.4 Å². The van der Waals surface area contributed by atoms with E-state index in [4.69, 9.17) is 9.84 Å². The van der Waals surface area contributed by atoms with E-state index in [1.807, 2.05) is 0 Å². The second-order valence-electron chi connectivity index (χ2n) is 5.77. The maximum atomic E-state index is 11.9. The first-order valence-corrected chi connectivity index (χ1v) is 7.64. The highest BCUT2D eigenvalue weighted by molar-refractivity contribution is 5.76. The van der Waals surface area contributed by atoms with E-state index in [1.165, 1.54) is 4.68 Å². The zero-order valence-electron chi connectivity index (χ0n) is 12.4. The lowest BCUT2D eigenvalue weighted by Gasteiger charge is -2.26. The van der Waals surface area contributed by atoms with Gasteiger partial charge in [-0.2, -0.15) is 5.10 Å². The van der Waals surface area contributed by atoms with Crippen molar-refractivity contribution in [2.45, 2.75) is 44.7 Å². The number of nitrogens with zero attached hydrogens (tertiary/aromatic N) is 4. The fraction of sp³-hybridized carbons (Fsp3) is 0.714. The molecule has 8 heteroatoms. The first kappa shape index (κ1) is 15.0. The lowest BCUT2D eigenvalue weighted by Crippen LogP contribution is -2.35. The smallest absolute Gasteiger partial charge is 0.325 e. The van der Waals surface area contributed by atoms with E-state index >= 15 is 0 Å². The van der Waals surface area contributed by atoms with Crippen LogP contribution in [0.3, 0.4) is 0 Å². The van der Waals surface area contributed by atoms with Gasteiger partial charge >= 0.3 is 5.97 Å². The fourth-order valence-corrected chi connectivity index (χ4v) is 2.88. The molecule has 0 spiro atoms. The van der Waals surface area contributed by atoms with Gasteiger partial charge in [0.25, 0.3) is 0 Å². The van der Waals surface area contributed by atoms with Crippen LogP contribution in [0.15, 0.2) is 0 Å². The molecular formula is C14H20N4O4. The normalized spacial score (nSPS) is 22.3. The molecule has 2 aliphatic rings. The molecule has 1 N–H and O–H groups in total. The average molecular weight is 308 g/mol. The molecule has 1 aromatic heterocycles. The quantitative estimate of drug-likeness (QED) is 0.844. The van der Waals surface area contributed by atoms with E-state index in [1.54, 1.807) is 4.90 Å². The van der Waals surface area contributed by atoms with Gasteiger partial charge in [-0.1, -0.05) is 0 Å². The van der Waals surface area contributed by atoms with Crippen LogP contribution < -0.4 is 0 Å². The zero-order valence-corrected chi connectivity index (χ0v) is 12.4. The minimum atomic E-state index is -0.967. The Morgan fingerprint density at radius 1 is 1.41 bits per heavy atom. The Bertz CT molecular complexity index is 565. The molecule has 2 saturated heterocycles. The van der Waals surface area contributed by atoms with E-state index < -0.39 is 5.97 Å². The summed E-state index contributed by atoms with van der Waals surface area (Å²) in [5.74, 6) is 0.413. The predicted molar refractivity (Wildman–Crippen MR) is 75.1 cm³/mol. The third kappa shape index (κ3) is 3.27. The highest BCUT2D eigenvalue weighted by atomic mass is 16.5. The van der Waals surface area contributed by atoms with Gasteiger partial charge in [-0.15, -0.1) is 0 Å². The van der Waals surface area contributed by atoms with Crippen molar-refractivity contribution in [3.63, 3.8) is 0 Å². The third-order valence-corrected chi connectivity index (χ3v) is 4.10. The SMILES string of the molecule is O=C(O)Cn1nc([C@H]2CCOC2)nc1CN1CCCCC1=O. The topological polar surface area (TPSA) is 97.5 Å². The van der Waals surface area contributed by atoms with Gasteiger partial charge in [0.15, 0.2) is 5.82 Å². The minimum absolute atomic E-state index is 0.0990. The van der Waals surface area contributed by atoms with Crippen molar-refractivity contribution in [3.8, 4) is 0 Å². The number of likely N-dealkylation sites (tertiary alicyclic amines) is 1. The molecule has 2 fully saturated rings. The summed E-state index contributed by atoms with van der Waals surface area (Å²) < 4.78 is 6.74. The number of aromatic nitrogens is 3. The molecule has 8 nitrogen and oxygen atoms in total. The number of ether oxygens (including phenoxy) is 1. The van der Waals surface area contributed by atoms with Crippen LogP contribution in [-0.2, 0) is 27.4 Å². The number of aliphatic carboxylic acids is 1. The summed E-state index contributed by atoms with van der Waals surface area (Å²) in [5, 5.41) is 13.4. The highest BCUT2D eigenvalue weighted by Gasteiger charge is 2.26. The van der Waals surface area contributed by atoms with Gasteiger partial charge in [0.2, 0.25) is 5.91 Å². The van der Waals surface area contributed by atoms with Gasteiger partial charge in [-0.3, -0.25) is 9.59 Å². The van der Waals surface area contributed by atoms with E-state index in [9.17, 15) is 9.59 Å². The molecule has 0 saturated carbocycles. The Morgan fingerprint density at radius 2 is 2.27 bits per heavy atom. The number of amides is 1. The molecule has 0 aliphatic carbocycles. The molecule has 22 heavy (non-hydrogen) atoms. The number of carboxylic acid groups (broad SMARTS) is 1. The Labute approximate surface area is 128 Å². The summed E-state index contributed by atoms with van der Waals surface area (Å²) >= 11 is 0. The van der Waals surface area contributed by atoms with Gasteiger partial charge in [0.1, 0.15) is 12.4 Å². The monoisotopic (exact) mass is 308 g/mol. The van der Waals surface area contributed by atoms with Gasteiger partial charge in [0.05, 0.1) is 13.2 Å². The van der Waals surface area contributed by atoms with Crippen LogP contribution in [0.1, 0.15) is 43.3 Å². The van der Waals surface area contributed by atoms with E-state index in [-0.39, 0.29) is 18.4 Å². The fourth-order valence-electron chi connectivity index (χ4n) is 2.88. The van der Waals surface area contributed by atoms with Gasteiger partial charge in [-0.05, 0) is 19.3 Å². The van der Waals surface area contributed by atoms with Crippen molar-refractivity contribution in [1.29, 1.82) is 0 Å². The predicted octanol–water partition coefficient (Wildman–Crippen LogP) is 0.379. The standard InChI is InChI=1S/C14H20N4O4/c19-12-3-1-2-5-17(12)7-11-15-14(10-4-6-22-9-10)16-18(11)8-13(20)21/h10H,1-9H2,(H,20,21)/t10-/m0/s1. The molecule has 1 aromatic rings. The molecular weight excluding hydrogens is 288 g/mol. The van der Waals surface area contributed by atoms with Crippen molar-refractivity contribution in [3.05, 3.63) is 11.6 Å². The van der Waals surface area contributed by atoms with Crippen LogP contribution in [0.2, 0.25) is 0 Å². The summed E-state index contributed by atoms with van der Waals surface area (Å²) in [6.45, 7) is 2.03. The molecule has 1 amide bonds. The lowest BCUT2D eigenvalue weighted by atomic mass is 10.1. The summed E-state index contributed by atoms with van der Waals surface area (Å²) in [6.07, 6.45) is 3.29. The number of hydrogen-bond donors (Lipinski definition) is 1.